The third-order valence-corrected chi connectivity index (χ3v) is 6.41. The Labute approximate surface area is 237 Å². The van der Waals surface area contributed by atoms with Crippen LogP contribution in [0.25, 0.3) is 0 Å². The molecule has 1 unspecified atom stereocenters. The molecular weight excluding hydrogens is 526 g/mol. The van der Waals surface area contributed by atoms with Crippen molar-refractivity contribution in [3.8, 4) is 0 Å². The summed E-state index contributed by atoms with van der Waals surface area (Å²) in [5, 5.41) is 2.71. The Morgan fingerprint density at radius 1 is 0.829 bits per heavy atom. The highest BCUT2D eigenvalue weighted by atomic mass is 19.1. The maximum absolute atomic E-state index is 14.5. The first-order chi connectivity index (χ1) is 19.7. The molecule has 0 aliphatic heterocycles. The number of esters is 1. The van der Waals surface area contributed by atoms with E-state index >= 15 is 0 Å². The fourth-order valence-electron chi connectivity index (χ4n) is 4.31. The normalized spacial score (nSPS) is 11.4. The molecule has 2 amide bonds. The van der Waals surface area contributed by atoms with Crippen LogP contribution in [0.5, 0.6) is 0 Å². The van der Waals surface area contributed by atoms with Crippen molar-refractivity contribution in [1.29, 1.82) is 0 Å². The van der Waals surface area contributed by atoms with Crippen molar-refractivity contribution in [3.05, 3.63) is 137 Å². The summed E-state index contributed by atoms with van der Waals surface area (Å²) in [5.41, 5.74) is 2.56. The number of hydrogen-bond donors (Lipinski definition) is 1. The topological polar surface area (TPSA) is 75.7 Å². The van der Waals surface area contributed by atoms with Crippen LogP contribution in [0.15, 0.2) is 97.1 Å². The zero-order valence-corrected chi connectivity index (χ0v) is 22.8. The number of nitrogens with zero attached hydrogens (tertiary/aromatic N) is 1. The summed E-state index contributed by atoms with van der Waals surface area (Å²) >= 11 is 0. The third kappa shape index (κ3) is 7.63. The molecule has 8 heteroatoms. The van der Waals surface area contributed by atoms with Crippen molar-refractivity contribution in [2.24, 2.45) is 0 Å². The van der Waals surface area contributed by atoms with E-state index in [1.165, 1.54) is 11.0 Å². The lowest BCUT2D eigenvalue weighted by molar-refractivity contribution is -0.123. The molecule has 0 fully saturated rings. The Bertz CT molecular complexity index is 1500. The van der Waals surface area contributed by atoms with E-state index in [-0.39, 0.29) is 18.9 Å². The average Bonchev–Trinajstić information content (AvgIpc) is 2.96. The van der Waals surface area contributed by atoms with Gasteiger partial charge in [0.2, 0.25) is 5.91 Å². The quantitative estimate of drug-likeness (QED) is 0.182. The maximum Gasteiger partial charge on any atom is 0.340 e. The van der Waals surface area contributed by atoms with Crippen LogP contribution in [-0.2, 0) is 22.5 Å². The van der Waals surface area contributed by atoms with Gasteiger partial charge in [0.25, 0.3) is 5.91 Å². The van der Waals surface area contributed by atoms with Crippen molar-refractivity contribution in [1.82, 2.24) is 5.32 Å². The smallest absolute Gasteiger partial charge is 0.340 e. The first-order valence-corrected chi connectivity index (χ1v) is 13.2. The van der Waals surface area contributed by atoms with Crippen LogP contribution in [0.3, 0.4) is 0 Å². The van der Waals surface area contributed by atoms with Crippen LogP contribution in [-0.4, -0.2) is 24.0 Å². The fourth-order valence-corrected chi connectivity index (χ4v) is 4.31. The third-order valence-electron chi connectivity index (χ3n) is 6.41. The van der Waals surface area contributed by atoms with Crippen molar-refractivity contribution < 1.29 is 27.9 Å². The minimum atomic E-state index is -0.948. The number of nitrogens with one attached hydrogen (secondary N) is 1. The Balaban J connectivity index is 1.49. The molecule has 0 spiro atoms. The van der Waals surface area contributed by atoms with Crippen LogP contribution < -0.4 is 10.2 Å². The second kappa shape index (κ2) is 13.5. The number of halogens is 2. The Morgan fingerprint density at radius 2 is 1.49 bits per heavy atom. The molecule has 6 nitrogen and oxygen atoms in total. The van der Waals surface area contributed by atoms with E-state index in [2.05, 4.69) is 5.32 Å². The molecule has 1 N–H and O–H groups in total. The summed E-state index contributed by atoms with van der Waals surface area (Å²) < 4.78 is 34.5. The molecule has 0 aliphatic carbocycles. The largest absolute Gasteiger partial charge is 0.438 e. The molecule has 0 saturated heterocycles. The summed E-state index contributed by atoms with van der Waals surface area (Å²) in [5.74, 6) is -3.61. The lowest BCUT2D eigenvalue weighted by atomic mass is 10.1. The van der Waals surface area contributed by atoms with Gasteiger partial charge in [0.15, 0.2) is 6.23 Å². The molecule has 0 radical (unpaired) electrons. The molecule has 0 aromatic heterocycles. The van der Waals surface area contributed by atoms with Crippen molar-refractivity contribution in [3.63, 3.8) is 0 Å². The average molecular weight is 557 g/mol. The number of carbonyl (C=O) groups excluding carboxylic acids is 3. The molecular formula is C33H30F2N2O4. The van der Waals surface area contributed by atoms with Gasteiger partial charge in [0, 0.05) is 12.1 Å². The summed E-state index contributed by atoms with van der Waals surface area (Å²) in [6, 6.07) is 25.9. The summed E-state index contributed by atoms with van der Waals surface area (Å²) in [6.07, 6.45) is -0.424. The van der Waals surface area contributed by atoms with Crippen LogP contribution in [0.1, 0.15) is 50.8 Å². The van der Waals surface area contributed by atoms with E-state index < -0.39 is 35.3 Å². The van der Waals surface area contributed by atoms with Gasteiger partial charge in [0.1, 0.15) is 17.2 Å². The number of hydrogen-bond acceptors (Lipinski definition) is 4. The van der Waals surface area contributed by atoms with Crippen molar-refractivity contribution in [2.45, 2.75) is 39.5 Å². The van der Waals surface area contributed by atoms with Gasteiger partial charge in [-0.25, -0.2) is 13.6 Å². The zero-order chi connectivity index (χ0) is 29.4. The molecule has 210 valence electrons. The lowest BCUT2D eigenvalue weighted by Crippen LogP contribution is -2.38. The number of amides is 2. The number of rotatable bonds is 10. The van der Waals surface area contributed by atoms with E-state index in [1.54, 1.807) is 61.5 Å². The summed E-state index contributed by atoms with van der Waals surface area (Å²) in [7, 11) is 0. The van der Waals surface area contributed by atoms with Gasteiger partial charge in [-0.2, -0.15) is 0 Å². The van der Waals surface area contributed by atoms with Crippen molar-refractivity contribution >= 4 is 23.5 Å². The number of ether oxygens (including phenoxy) is 1. The molecule has 4 rings (SSSR count). The van der Waals surface area contributed by atoms with Gasteiger partial charge >= 0.3 is 5.97 Å². The van der Waals surface area contributed by atoms with Gasteiger partial charge in [-0.3, -0.25) is 9.59 Å². The monoisotopic (exact) mass is 556 g/mol. The number of benzene rings is 4. The van der Waals surface area contributed by atoms with Crippen molar-refractivity contribution in [2.75, 3.05) is 4.90 Å². The standard InChI is InChI=1S/C33H30F2N2O4/c1-3-30(41-33(40)25-11-5-4-6-12-25)36-29(38)20-23-15-17-26(18-16-23)37(21-24-10-7-9-22(2)19-24)32(39)31-27(34)13-8-14-28(31)35/h4-19,30H,3,20-21H2,1-2H3,(H,36,38). The van der Waals surface area contributed by atoms with Crippen LogP contribution in [0.4, 0.5) is 14.5 Å². The minimum absolute atomic E-state index is 0.00651. The lowest BCUT2D eigenvalue weighted by Gasteiger charge is -2.24. The summed E-state index contributed by atoms with van der Waals surface area (Å²) in [6.45, 7) is 3.78. The molecule has 41 heavy (non-hydrogen) atoms. The highest BCUT2D eigenvalue weighted by Gasteiger charge is 2.25. The number of carbonyl (C=O) groups is 3. The van der Waals surface area contributed by atoms with Gasteiger partial charge in [-0.15, -0.1) is 0 Å². The van der Waals surface area contributed by atoms with Gasteiger partial charge < -0.3 is 15.0 Å². The van der Waals surface area contributed by atoms with E-state index in [9.17, 15) is 23.2 Å². The highest BCUT2D eigenvalue weighted by Crippen LogP contribution is 2.24. The second-order valence-corrected chi connectivity index (χ2v) is 9.56. The fraction of sp³-hybridized carbons (Fsp3) is 0.182. The Kier molecular flexibility index (Phi) is 9.58. The Hall–Kier alpha value is -4.85. The molecule has 4 aromatic rings. The second-order valence-electron chi connectivity index (χ2n) is 9.56. The number of aryl methyl sites for hydroxylation is 1. The molecule has 4 aromatic carbocycles. The molecule has 0 heterocycles. The minimum Gasteiger partial charge on any atom is -0.438 e. The van der Waals surface area contributed by atoms with Gasteiger partial charge in [-0.1, -0.05) is 73.2 Å². The first kappa shape index (κ1) is 29.1. The molecule has 0 bridgehead atoms. The van der Waals surface area contributed by atoms with Crippen LogP contribution >= 0.6 is 0 Å². The predicted octanol–water partition coefficient (Wildman–Crippen LogP) is 6.37. The first-order valence-electron chi connectivity index (χ1n) is 13.2. The maximum atomic E-state index is 14.5. The van der Waals surface area contributed by atoms with Crippen LogP contribution in [0, 0.1) is 18.6 Å². The highest BCUT2D eigenvalue weighted by molar-refractivity contribution is 6.06. The molecule has 1 atom stereocenters. The van der Waals surface area contributed by atoms with Gasteiger partial charge in [-0.05, 0) is 54.4 Å². The van der Waals surface area contributed by atoms with E-state index in [4.69, 9.17) is 4.74 Å². The summed E-state index contributed by atoms with van der Waals surface area (Å²) in [4.78, 5) is 39.8. The molecule has 0 saturated carbocycles. The van der Waals surface area contributed by atoms with E-state index in [0.29, 0.717) is 23.2 Å². The number of anilines is 1. The van der Waals surface area contributed by atoms with E-state index in [1.807, 2.05) is 31.2 Å². The van der Waals surface area contributed by atoms with Crippen LogP contribution in [0.2, 0.25) is 0 Å². The zero-order valence-electron chi connectivity index (χ0n) is 22.8. The van der Waals surface area contributed by atoms with E-state index in [0.717, 1.165) is 23.3 Å². The Morgan fingerprint density at radius 3 is 2.12 bits per heavy atom. The predicted molar refractivity (Wildman–Crippen MR) is 152 cm³/mol. The SMILES string of the molecule is CCC(NC(=O)Cc1ccc(N(Cc2cccc(C)c2)C(=O)c2c(F)cccc2F)cc1)OC(=O)c1ccccc1. The molecule has 0 aliphatic rings. The van der Waals surface area contributed by atoms with Gasteiger partial charge in [0.05, 0.1) is 18.5 Å².